The summed E-state index contributed by atoms with van der Waals surface area (Å²) >= 11 is 0. The second-order valence-electron chi connectivity index (χ2n) is 5.89. The van der Waals surface area contributed by atoms with E-state index in [1.165, 1.54) is 4.80 Å². The van der Waals surface area contributed by atoms with Crippen molar-refractivity contribution >= 4 is 11.6 Å². The first-order chi connectivity index (χ1) is 12.3. The Morgan fingerprint density at radius 2 is 1.73 bits per heavy atom. The Morgan fingerprint density at radius 1 is 1.00 bits per heavy atom. The van der Waals surface area contributed by atoms with E-state index in [9.17, 15) is 18.0 Å². The van der Waals surface area contributed by atoms with Gasteiger partial charge in [0, 0.05) is 0 Å². The van der Waals surface area contributed by atoms with Gasteiger partial charge in [-0.15, -0.1) is 5.10 Å². The molecule has 0 radical (unpaired) electrons. The zero-order valence-electron chi connectivity index (χ0n) is 14.3. The first kappa shape index (κ1) is 17.7. The predicted molar refractivity (Wildman–Crippen MR) is 89.8 cm³/mol. The summed E-state index contributed by atoms with van der Waals surface area (Å²) in [5, 5.41) is 10.5. The summed E-state index contributed by atoms with van der Waals surface area (Å²) in [5.74, 6) is -5.24. The quantitative estimate of drug-likeness (QED) is 0.722. The van der Waals surface area contributed by atoms with E-state index in [2.05, 4.69) is 15.5 Å². The van der Waals surface area contributed by atoms with Crippen LogP contribution in [0.15, 0.2) is 30.3 Å². The number of rotatable bonds is 3. The largest absolute Gasteiger partial charge is 0.318 e. The fourth-order valence-corrected chi connectivity index (χ4v) is 2.53. The van der Waals surface area contributed by atoms with Gasteiger partial charge in [0.1, 0.15) is 0 Å². The van der Waals surface area contributed by atoms with Crippen molar-refractivity contribution in [2.45, 2.75) is 20.8 Å². The lowest BCUT2D eigenvalue weighted by molar-refractivity contribution is 0.102. The Morgan fingerprint density at radius 3 is 2.42 bits per heavy atom. The molecule has 134 valence electrons. The summed E-state index contributed by atoms with van der Waals surface area (Å²) in [4.78, 5) is 13.7. The maximum absolute atomic E-state index is 13.7. The van der Waals surface area contributed by atoms with E-state index in [4.69, 9.17) is 0 Å². The van der Waals surface area contributed by atoms with Crippen LogP contribution in [0.2, 0.25) is 0 Å². The van der Waals surface area contributed by atoms with E-state index in [1.807, 2.05) is 32.0 Å². The summed E-state index contributed by atoms with van der Waals surface area (Å²) < 4.78 is 40.0. The second kappa shape index (κ2) is 6.62. The fourth-order valence-electron chi connectivity index (χ4n) is 2.53. The average Bonchev–Trinajstić information content (AvgIpc) is 2.97. The summed E-state index contributed by atoms with van der Waals surface area (Å²) in [7, 11) is 0. The van der Waals surface area contributed by atoms with Crippen LogP contribution in [-0.4, -0.2) is 20.9 Å². The molecule has 26 heavy (non-hydrogen) atoms. The van der Waals surface area contributed by atoms with Crippen LogP contribution < -0.4 is 5.32 Å². The number of nitrogens with one attached hydrogen (secondary N) is 1. The first-order valence-corrected chi connectivity index (χ1v) is 7.74. The third-order valence-corrected chi connectivity index (χ3v) is 3.85. The highest BCUT2D eigenvalue weighted by Gasteiger charge is 2.20. The first-order valence-electron chi connectivity index (χ1n) is 7.74. The Bertz CT molecular complexity index is 1010. The van der Waals surface area contributed by atoms with Crippen LogP contribution in [-0.2, 0) is 0 Å². The van der Waals surface area contributed by atoms with Crippen molar-refractivity contribution in [3.8, 4) is 5.69 Å². The van der Waals surface area contributed by atoms with Crippen molar-refractivity contribution in [2.24, 2.45) is 0 Å². The van der Waals surface area contributed by atoms with Crippen LogP contribution in [0.1, 0.15) is 27.3 Å². The van der Waals surface area contributed by atoms with E-state index in [0.717, 1.165) is 23.3 Å². The second-order valence-corrected chi connectivity index (χ2v) is 5.89. The van der Waals surface area contributed by atoms with Crippen LogP contribution in [0.5, 0.6) is 0 Å². The van der Waals surface area contributed by atoms with Crippen molar-refractivity contribution in [3.63, 3.8) is 0 Å². The Kier molecular flexibility index (Phi) is 4.50. The van der Waals surface area contributed by atoms with Crippen LogP contribution in [0.4, 0.5) is 18.9 Å². The third kappa shape index (κ3) is 3.17. The van der Waals surface area contributed by atoms with Gasteiger partial charge < -0.3 is 5.32 Å². The molecule has 0 bridgehead atoms. The molecule has 0 saturated heterocycles. The number of hydrogen-bond donors (Lipinski definition) is 1. The maximum atomic E-state index is 13.7. The molecule has 0 aliphatic heterocycles. The summed E-state index contributed by atoms with van der Waals surface area (Å²) in [6, 6.07) is 7.33. The number of aromatic nitrogens is 3. The number of carbonyl (C=O) groups is 1. The molecule has 0 unspecified atom stereocenters. The number of anilines is 1. The van der Waals surface area contributed by atoms with Crippen LogP contribution in [0.25, 0.3) is 5.69 Å². The highest BCUT2D eigenvalue weighted by atomic mass is 19.2. The monoisotopic (exact) mass is 360 g/mol. The highest BCUT2D eigenvalue weighted by Crippen LogP contribution is 2.21. The van der Waals surface area contributed by atoms with E-state index in [-0.39, 0.29) is 5.69 Å². The minimum Gasteiger partial charge on any atom is -0.318 e. The van der Waals surface area contributed by atoms with Gasteiger partial charge in [0.2, 0.25) is 0 Å². The topological polar surface area (TPSA) is 59.8 Å². The molecule has 3 aromatic rings. The van der Waals surface area contributed by atoms with Gasteiger partial charge in [-0.25, -0.2) is 13.2 Å². The molecule has 0 aliphatic carbocycles. The fraction of sp³-hybridized carbons (Fsp3) is 0.167. The number of hydrogen-bond acceptors (Lipinski definition) is 3. The third-order valence-electron chi connectivity index (χ3n) is 3.85. The van der Waals surface area contributed by atoms with Crippen molar-refractivity contribution in [2.75, 3.05) is 5.32 Å². The Labute approximate surface area is 147 Å². The zero-order valence-corrected chi connectivity index (χ0v) is 14.3. The Balaban J connectivity index is 1.92. The van der Waals surface area contributed by atoms with Crippen LogP contribution in [0, 0.1) is 38.2 Å². The molecule has 5 nitrogen and oxygen atoms in total. The van der Waals surface area contributed by atoms with Gasteiger partial charge in [-0.2, -0.15) is 9.90 Å². The smallest absolute Gasteiger partial charge is 0.278 e. The number of benzene rings is 2. The lowest BCUT2D eigenvalue weighted by atomic mass is 10.1. The number of amides is 1. The minimum atomic E-state index is -1.65. The van der Waals surface area contributed by atoms with Gasteiger partial charge in [-0.1, -0.05) is 17.7 Å². The molecule has 3 rings (SSSR count). The molecule has 1 amide bonds. The van der Waals surface area contributed by atoms with Crippen molar-refractivity contribution in [1.82, 2.24) is 15.0 Å². The number of halogens is 3. The molecule has 1 aromatic heterocycles. The molecule has 0 aliphatic rings. The molecular formula is C18H15F3N4O. The van der Waals surface area contributed by atoms with Crippen molar-refractivity contribution in [3.05, 3.63) is 70.3 Å². The van der Waals surface area contributed by atoms with E-state index < -0.39 is 29.0 Å². The summed E-state index contributed by atoms with van der Waals surface area (Å²) in [6.07, 6.45) is 0. The molecule has 1 N–H and O–H groups in total. The zero-order chi connectivity index (χ0) is 19.0. The maximum Gasteiger partial charge on any atom is 0.278 e. The van der Waals surface area contributed by atoms with Crippen molar-refractivity contribution in [1.29, 1.82) is 0 Å². The molecule has 8 heteroatoms. The SMILES string of the molecule is Cc1ccc(-n2nc(C)c(C(=O)Nc3ccc(F)c(F)c3F)n2)c(C)c1. The number of nitrogens with zero attached hydrogens (tertiary/aromatic N) is 3. The normalized spacial score (nSPS) is 10.8. The number of aryl methyl sites for hydroxylation is 3. The van der Waals surface area contributed by atoms with Gasteiger partial charge >= 0.3 is 0 Å². The predicted octanol–water partition coefficient (Wildman–Crippen LogP) is 3.86. The Hall–Kier alpha value is -3.16. The highest BCUT2D eigenvalue weighted by molar-refractivity contribution is 6.03. The van der Waals surface area contributed by atoms with Gasteiger partial charge in [0.15, 0.2) is 23.1 Å². The average molecular weight is 360 g/mol. The summed E-state index contributed by atoms with van der Waals surface area (Å²) in [5.41, 5.74) is 2.46. The number of carbonyl (C=O) groups excluding carboxylic acids is 1. The molecule has 0 fully saturated rings. The van der Waals surface area contributed by atoms with Gasteiger partial charge in [-0.05, 0) is 44.5 Å². The van der Waals surface area contributed by atoms with Gasteiger partial charge in [-0.3, -0.25) is 4.79 Å². The lowest BCUT2D eigenvalue weighted by Crippen LogP contribution is -2.16. The molecular weight excluding hydrogens is 345 g/mol. The van der Waals surface area contributed by atoms with E-state index in [1.54, 1.807) is 6.92 Å². The van der Waals surface area contributed by atoms with Crippen LogP contribution in [0.3, 0.4) is 0 Å². The molecule has 2 aromatic carbocycles. The lowest BCUT2D eigenvalue weighted by Gasteiger charge is -2.06. The standard InChI is InChI=1S/C18H15F3N4O/c1-9-4-7-14(10(2)8-9)25-23-11(3)17(24-25)18(26)22-13-6-5-12(19)15(20)16(13)21/h4-8H,1-3H3,(H,22,26). The molecule has 0 spiro atoms. The minimum absolute atomic E-state index is 0.0471. The molecule has 1 heterocycles. The van der Waals surface area contributed by atoms with Gasteiger partial charge in [0.05, 0.1) is 17.1 Å². The molecule has 0 saturated carbocycles. The summed E-state index contributed by atoms with van der Waals surface area (Å²) in [6.45, 7) is 5.41. The van der Waals surface area contributed by atoms with E-state index >= 15 is 0 Å². The van der Waals surface area contributed by atoms with Crippen LogP contribution >= 0.6 is 0 Å². The van der Waals surface area contributed by atoms with Crippen molar-refractivity contribution < 1.29 is 18.0 Å². The van der Waals surface area contributed by atoms with E-state index in [0.29, 0.717) is 11.4 Å². The molecule has 0 atom stereocenters. The van der Waals surface area contributed by atoms with Gasteiger partial charge in [0.25, 0.3) is 5.91 Å².